The van der Waals surface area contributed by atoms with Gasteiger partial charge in [0.25, 0.3) is 0 Å². The second kappa shape index (κ2) is 7.17. The summed E-state index contributed by atoms with van der Waals surface area (Å²) in [6.07, 6.45) is 1.67. The van der Waals surface area contributed by atoms with Crippen LogP contribution in [0.3, 0.4) is 0 Å². The highest BCUT2D eigenvalue weighted by Gasteiger charge is 2.29. The van der Waals surface area contributed by atoms with Gasteiger partial charge in [-0.3, -0.25) is 14.4 Å². The van der Waals surface area contributed by atoms with Gasteiger partial charge < -0.3 is 5.32 Å². The zero-order valence-electron chi connectivity index (χ0n) is 14.1. The molecule has 3 aromatic rings. The first kappa shape index (κ1) is 17.2. The molecular weight excluding hydrogens is 360 g/mol. The fourth-order valence-corrected chi connectivity index (χ4v) is 3.61. The van der Waals surface area contributed by atoms with Crippen molar-refractivity contribution in [3.8, 4) is 0 Å². The monoisotopic (exact) mass is 374 g/mol. The fraction of sp³-hybridized carbons (Fsp3) is 0.0476. The van der Waals surface area contributed by atoms with Crippen LogP contribution in [0.1, 0.15) is 31.8 Å². The van der Waals surface area contributed by atoms with Crippen molar-refractivity contribution in [3.63, 3.8) is 0 Å². The zero-order chi connectivity index (χ0) is 18.8. The Bertz CT molecular complexity index is 1060. The van der Waals surface area contributed by atoms with Gasteiger partial charge in [-0.25, -0.2) is 4.98 Å². The van der Waals surface area contributed by atoms with Crippen LogP contribution in [-0.4, -0.2) is 28.2 Å². The van der Waals surface area contributed by atoms with E-state index >= 15 is 0 Å². The van der Waals surface area contributed by atoms with E-state index in [0.29, 0.717) is 27.9 Å². The molecule has 0 fully saturated rings. The van der Waals surface area contributed by atoms with Crippen molar-refractivity contribution in [2.45, 2.75) is 5.03 Å². The average molecular weight is 374 g/mol. The topological polar surface area (TPSA) is 76.1 Å². The molecule has 0 saturated carbocycles. The molecule has 0 unspecified atom stereocenters. The second-order valence-electron chi connectivity index (χ2n) is 5.97. The Balaban J connectivity index is 1.52. The lowest BCUT2D eigenvalue weighted by Crippen LogP contribution is -2.21. The second-order valence-corrected chi connectivity index (χ2v) is 6.96. The normalized spacial score (nSPS) is 12.3. The van der Waals surface area contributed by atoms with E-state index in [-0.39, 0.29) is 23.2 Å². The molecule has 0 bridgehead atoms. The fourth-order valence-electron chi connectivity index (χ4n) is 2.95. The molecule has 0 saturated heterocycles. The summed E-state index contributed by atoms with van der Waals surface area (Å²) in [5.74, 6) is -0.396. The Morgan fingerprint density at radius 2 is 1.52 bits per heavy atom. The van der Waals surface area contributed by atoms with Crippen LogP contribution < -0.4 is 5.32 Å². The van der Waals surface area contributed by atoms with Crippen LogP contribution in [0.2, 0.25) is 0 Å². The number of anilines is 1. The van der Waals surface area contributed by atoms with Crippen molar-refractivity contribution in [1.82, 2.24) is 4.98 Å². The zero-order valence-corrected chi connectivity index (χ0v) is 15.0. The summed E-state index contributed by atoms with van der Waals surface area (Å²) in [5.41, 5.74) is 1.97. The van der Waals surface area contributed by atoms with Gasteiger partial charge >= 0.3 is 0 Å². The summed E-state index contributed by atoms with van der Waals surface area (Å²) in [4.78, 5) is 41.7. The predicted octanol–water partition coefficient (Wildman–Crippen LogP) is 3.59. The number of hydrogen-bond acceptors (Lipinski definition) is 5. The van der Waals surface area contributed by atoms with Crippen molar-refractivity contribution in [2.24, 2.45) is 0 Å². The van der Waals surface area contributed by atoms with Gasteiger partial charge in [0.2, 0.25) is 5.91 Å². The van der Waals surface area contributed by atoms with Crippen LogP contribution >= 0.6 is 11.8 Å². The number of carbonyl (C=O) groups excluding carboxylic acids is 3. The minimum absolute atomic E-state index is 0.177. The Hall–Kier alpha value is -3.25. The third-order valence-electron chi connectivity index (χ3n) is 4.20. The summed E-state index contributed by atoms with van der Waals surface area (Å²) < 4.78 is 0. The average Bonchev–Trinajstić information content (AvgIpc) is 2.71. The third kappa shape index (κ3) is 3.39. The lowest BCUT2D eigenvalue weighted by Gasteiger charge is -2.18. The van der Waals surface area contributed by atoms with Crippen LogP contribution in [-0.2, 0) is 4.79 Å². The minimum Gasteiger partial charge on any atom is -0.325 e. The van der Waals surface area contributed by atoms with Crippen LogP contribution in [0.4, 0.5) is 5.69 Å². The third-order valence-corrected chi connectivity index (χ3v) is 5.14. The number of carbonyl (C=O) groups is 3. The Morgan fingerprint density at radius 3 is 2.22 bits per heavy atom. The molecule has 0 atom stereocenters. The van der Waals surface area contributed by atoms with Gasteiger partial charge in [-0.15, -0.1) is 0 Å². The van der Waals surface area contributed by atoms with Crippen molar-refractivity contribution >= 4 is 34.9 Å². The molecule has 1 heterocycles. The molecule has 0 aliphatic heterocycles. The van der Waals surface area contributed by atoms with Gasteiger partial charge in [0.05, 0.1) is 10.8 Å². The van der Waals surface area contributed by atoms with Crippen LogP contribution in [0.15, 0.2) is 71.9 Å². The number of hydrogen-bond donors (Lipinski definition) is 1. The highest BCUT2D eigenvalue weighted by Crippen LogP contribution is 2.29. The lowest BCUT2D eigenvalue weighted by molar-refractivity contribution is -0.113. The number of benzene rings is 2. The van der Waals surface area contributed by atoms with E-state index in [1.54, 1.807) is 48.7 Å². The van der Waals surface area contributed by atoms with Crippen molar-refractivity contribution in [2.75, 3.05) is 11.1 Å². The number of thioether (sulfide) groups is 1. The van der Waals surface area contributed by atoms with E-state index in [2.05, 4.69) is 10.3 Å². The number of fused-ring (bicyclic) bond motifs is 2. The number of amides is 1. The molecule has 1 aliphatic carbocycles. The van der Waals surface area contributed by atoms with E-state index in [4.69, 9.17) is 0 Å². The molecule has 4 rings (SSSR count). The summed E-state index contributed by atoms with van der Waals surface area (Å²) >= 11 is 1.32. The predicted molar refractivity (Wildman–Crippen MR) is 103 cm³/mol. The summed E-state index contributed by atoms with van der Waals surface area (Å²) in [7, 11) is 0. The Kier molecular flexibility index (Phi) is 4.56. The van der Waals surface area contributed by atoms with Crippen LogP contribution in [0, 0.1) is 0 Å². The first-order valence-electron chi connectivity index (χ1n) is 8.29. The maximum absolute atomic E-state index is 12.7. The Labute approximate surface area is 159 Å². The number of nitrogens with one attached hydrogen (secondary N) is 1. The van der Waals surface area contributed by atoms with Crippen molar-refractivity contribution < 1.29 is 14.4 Å². The summed E-state index contributed by atoms with van der Waals surface area (Å²) in [6, 6.07) is 17.1. The van der Waals surface area contributed by atoms with E-state index < -0.39 is 0 Å². The van der Waals surface area contributed by atoms with Crippen LogP contribution in [0.25, 0.3) is 0 Å². The maximum Gasteiger partial charge on any atom is 0.234 e. The van der Waals surface area contributed by atoms with Crippen LogP contribution in [0.5, 0.6) is 0 Å². The summed E-state index contributed by atoms with van der Waals surface area (Å²) in [5, 5.41) is 3.53. The van der Waals surface area contributed by atoms with E-state index in [1.165, 1.54) is 11.8 Å². The maximum atomic E-state index is 12.7. The minimum atomic E-state index is -0.209. The van der Waals surface area contributed by atoms with E-state index in [1.807, 2.05) is 18.2 Å². The molecule has 6 heteroatoms. The number of aromatic nitrogens is 1. The van der Waals surface area contributed by atoms with Gasteiger partial charge in [0.1, 0.15) is 0 Å². The molecule has 27 heavy (non-hydrogen) atoms. The van der Waals surface area contributed by atoms with Gasteiger partial charge in [-0.1, -0.05) is 42.1 Å². The molecular formula is C21H14N2O3S. The Morgan fingerprint density at radius 1 is 0.852 bits per heavy atom. The first-order valence-corrected chi connectivity index (χ1v) is 9.28. The van der Waals surface area contributed by atoms with E-state index in [9.17, 15) is 14.4 Å². The first-order chi connectivity index (χ1) is 13.1. The summed E-state index contributed by atoms with van der Waals surface area (Å²) in [6.45, 7) is 0. The highest BCUT2D eigenvalue weighted by atomic mass is 32.2. The van der Waals surface area contributed by atoms with Gasteiger partial charge in [-0.05, 0) is 30.3 Å². The lowest BCUT2D eigenvalue weighted by atomic mass is 9.84. The smallest absolute Gasteiger partial charge is 0.234 e. The van der Waals surface area contributed by atoms with Gasteiger partial charge in [0, 0.05) is 34.1 Å². The largest absolute Gasteiger partial charge is 0.325 e. The number of nitrogens with zero attached hydrogens (tertiary/aromatic N) is 1. The van der Waals surface area contributed by atoms with Gasteiger partial charge in [0.15, 0.2) is 11.6 Å². The molecule has 1 N–H and O–H groups in total. The number of ketones is 2. The quantitative estimate of drug-likeness (QED) is 0.553. The SMILES string of the molecule is O=C(CSc1ccccn1)Nc1ccc2c(c1)C(=O)c1ccccc1C2=O. The number of rotatable bonds is 4. The highest BCUT2D eigenvalue weighted by molar-refractivity contribution is 7.99. The molecule has 5 nitrogen and oxygen atoms in total. The van der Waals surface area contributed by atoms with Crippen molar-refractivity contribution in [1.29, 1.82) is 0 Å². The molecule has 1 amide bonds. The molecule has 0 radical (unpaired) electrons. The number of pyridine rings is 1. The standard InChI is InChI=1S/C21H14N2O3S/c24-18(12-27-19-7-3-4-10-22-19)23-13-8-9-16-17(11-13)21(26)15-6-2-1-5-14(15)20(16)25/h1-11H,12H2,(H,23,24). The molecule has 132 valence electrons. The van der Waals surface area contributed by atoms with Gasteiger partial charge in [-0.2, -0.15) is 0 Å². The molecule has 1 aromatic heterocycles. The molecule has 1 aliphatic rings. The molecule has 2 aromatic carbocycles. The van der Waals surface area contributed by atoms with E-state index in [0.717, 1.165) is 5.03 Å². The molecule has 0 spiro atoms. The van der Waals surface area contributed by atoms with Crippen molar-refractivity contribution in [3.05, 3.63) is 89.1 Å².